The van der Waals surface area contributed by atoms with Crippen LogP contribution in [-0.4, -0.2) is 42.5 Å². The molecule has 0 unspecified atom stereocenters. The van der Waals surface area contributed by atoms with Gasteiger partial charge in [0.2, 0.25) is 0 Å². The van der Waals surface area contributed by atoms with Gasteiger partial charge >= 0.3 is 0 Å². The maximum Gasteiger partial charge on any atom is 0.255 e. The number of amides is 1. The van der Waals surface area contributed by atoms with Crippen molar-refractivity contribution >= 4 is 30.7 Å². The number of halogens is 2. The summed E-state index contributed by atoms with van der Waals surface area (Å²) in [6, 6.07) is 3.77. The van der Waals surface area contributed by atoms with Crippen molar-refractivity contribution in [3.8, 4) is 0 Å². The Hall–Kier alpha value is -0.840. The van der Waals surface area contributed by atoms with Gasteiger partial charge in [-0.25, -0.2) is 0 Å². The molecule has 120 valence electrons. The highest BCUT2D eigenvalue weighted by atomic mass is 35.5. The predicted molar refractivity (Wildman–Crippen MR) is 90.6 cm³/mol. The van der Waals surface area contributed by atoms with Crippen LogP contribution < -0.4 is 5.32 Å². The van der Waals surface area contributed by atoms with Crippen molar-refractivity contribution in [1.82, 2.24) is 15.2 Å². The Morgan fingerprint density at radius 1 is 1.33 bits per heavy atom. The number of pyridine rings is 1. The summed E-state index contributed by atoms with van der Waals surface area (Å²) < 4.78 is 0. The van der Waals surface area contributed by atoms with Crippen molar-refractivity contribution in [3.63, 3.8) is 0 Å². The van der Waals surface area contributed by atoms with Crippen molar-refractivity contribution in [2.45, 2.75) is 26.2 Å². The topological polar surface area (TPSA) is 45.2 Å². The summed E-state index contributed by atoms with van der Waals surface area (Å²) in [5, 5.41) is 3.19. The summed E-state index contributed by atoms with van der Waals surface area (Å²) in [6.07, 6.45) is 5.13. The van der Waals surface area contributed by atoms with E-state index in [2.05, 4.69) is 10.3 Å². The summed E-state index contributed by atoms with van der Waals surface area (Å²) in [5.41, 5.74) is 1.65. The zero-order valence-corrected chi connectivity index (χ0v) is 14.3. The van der Waals surface area contributed by atoms with E-state index in [9.17, 15) is 4.79 Å². The Bertz CT molecular complexity index is 417. The molecule has 1 fully saturated rings. The van der Waals surface area contributed by atoms with E-state index in [1.54, 1.807) is 6.20 Å². The Labute approximate surface area is 139 Å². The Kier molecular flexibility index (Phi) is 9.58. The Morgan fingerprint density at radius 3 is 2.52 bits per heavy atom. The van der Waals surface area contributed by atoms with Crippen LogP contribution in [0.3, 0.4) is 0 Å². The highest BCUT2D eigenvalue weighted by Crippen LogP contribution is 2.21. The van der Waals surface area contributed by atoms with Crippen LogP contribution in [0.15, 0.2) is 18.3 Å². The maximum absolute atomic E-state index is 12.3. The lowest BCUT2D eigenvalue weighted by molar-refractivity contribution is 0.0686. The van der Waals surface area contributed by atoms with E-state index in [1.807, 2.05) is 31.0 Å². The third kappa shape index (κ3) is 5.81. The minimum absolute atomic E-state index is 0. The molecule has 1 aromatic heterocycles. The van der Waals surface area contributed by atoms with Gasteiger partial charge in [-0.1, -0.05) is 0 Å². The molecule has 1 aliphatic heterocycles. The van der Waals surface area contributed by atoms with E-state index in [1.165, 1.54) is 6.42 Å². The number of hydrogen-bond acceptors (Lipinski definition) is 3. The molecule has 0 saturated carbocycles. The van der Waals surface area contributed by atoms with Crippen LogP contribution in [-0.2, 0) is 0 Å². The lowest BCUT2D eigenvalue weighted by atomic mass is 9.93. The normalized spacial score (nSPS) is 15.0. The van der Waals surface area contributed by atoms with Gasteiger partial charge in [0.05, 0.1) is 5.56 Å². The zero-order valence-electron chi connectivity index (χ0n) is 12.7. The highest BCUT2D eigenvalue weighted by Gasteiger charge is 2.23. The molecule has 0 aliphatic carbocycles. The second-order valence-corrected chi connectivity index (χ2v) is 5.32. The highest BCUT2D eigenvalue weighted by molar-refractivity contribution is 5.93. The van der Waals surface area contributed by atoms with Crippen LogP contribution in [0.25, 0.3) is 0 Å². The fourth-order valence-corrected chi connectivity index (χ4v) is 2.55. The zero-order chi connectivity index (χ0) is 13.7. The van der Waals surface area contributed by atoms with Gasteiger partial charge in [-0.05, 0) is 57.8 Å². The van der Waals surface area contributed by atoms with E-state index < -0.39 is 0 Å². The smallest absolute Gasteiger partial charge is 0.255 e. The molecule has 1 amide bonds. The van der Waals surface area contributed by atoms with Crippen molar-refractivity contribution < 1.29 is 4.79 Å². The number of carbonyl (C=O) groups is 1. The minimum Gasteiger partial charge on any atom is -0.339 e. The first-order valence-electron chi connectivity index (χ1n) is 7.07. The second kappa shape index (κ2) is 9.98. The van der Waals surface area contributed by atoms with Crippen molar-refractivity contribution in [3.05, 3.63) is 29.6 Å². The first-order valence-corrected chi connectivity index (χ1v) is 7.07. The summed E-state index contributed by atoms with van der Waals surface area (Å²) in [6.45, 7) is 4.75. The number of hydrogen-bond donors (Lipinski definition) is 1. The summed E-state index contributed by atoms with van der Waals surface area (Å²) in [4.78, 5) is 18.5. The third-order valence-electron chi connectivity index (χ3n) is 3.86. The molecule has 1 N–H and O–H groups in total. The van der Waals surface area contributed by atoms with Gasteiger partial charge in [0, 0.05) is 25.0 Å². The molecule has 0 atom stereocenters. The molecule has 0 bridgehead atoms. The average molecular weight is 334 g/mol. The first kappa shape index (κ1) is 20.2. The molecular formula is C15H25Cl2N3O. The van der Waals surface area contributed by atoms with Crippen LogP contribution in [0.2, 0.25) is 0 Å². The quantitative estimate of drug-likeness (QED) is 0.921. The molecule has 6 heteroatoms. The summed E-state index contributed by atoms with van der Waals surface area (Å²) in [7, 11) is 1.99. The van der Waals surface area contributed by atoms with Crippen LogP contribution in [0.5, 0.6) is 0 Å². The Balaban J connectivity index is 0.00000200. The van der Waals surface area contributed by atoms with Crippen molar-refractivity contribution in [2.24, 2.45) is 5.92 Å². The van der Waals surface area contributed by atoms with E-state index in [0.717, 1.165) is 44.1 Å². The van der Waals surface area contributed by atoms with Crippen LogP contribution >= 0.6 is 24.8 Å². The molecule has 0 spiro atoms. The van der Waals surface area contributed by atoms with Gasteiger partial charge in [0.15, 0.2) is 0 Å². The number of aryl methyl sites for hydroxylation is 1. The third-order valence-corrected chi connectivity index (χ3v) is 3.86. The lowest BCUT2D eigenvalue weighted by Crippen LogP contribution is -2.39. The predicted octanol–water partition coefficient (Wildman–Crippen LogP) is 2.70. The largest absolute Gasteiger partial charge is 0.339 e. The fourth-order valence-electron chi connectivity index (χ4n) is 2.55. The number of aromatic nitrogens is 1. The number of nitrogens with one attached hydrogen (secondary N) is 1. The van der Waals surface area contributed by atoms with E-state index in [0.29, 0.717) is 5.56 Å². The number of rotatable bonds is 4. The van der Waals surface area contributed by atoms with Crippen molar-refractivity contribution in [2.75, 3.05) is 26.7 Å². The van der Waals surface area contributed by atoms with Gasteiger partial charge in [-0.15, -0.1) is 24.8 Å². The molecule has 4 nitrogen and oxygen atoms in total. The minimum atomic E-state index is 0. The van der Waals surface area contributed by atoms with Gasteiger partial charge in [-0.3, -0.25) is 9.78 Å². The van der Waals surface area contributed by atoms with Crippen LogP contribution in [0.4, 0.5) is 0 Å². The fraction of sp³-hybridized carbons (Fsp3) is 0.600. The average Bonchev–Trinajstić information content (AvgIpc) is 2.46. The number of carbonyl (C=O) groups excluding carboxylic acids is 1. The molecule has 21 heavy (non-hydrogen) atoms. The Morgan fingerprint density at radius 2 is 2.00 bits per heavy atom. The maximum atomic E-state index is 12.3. The molecule has 0 radical (unpaired) electrons. The number of nitrogens with zero attached hydrogens (tertiary/aromatic N) is 2. The summed E-state index contributed by atoms with van der Waals surface area (Å²) in [5.74, 6) is 0.882. The molecule has 1 aliphatic rings. The lowest BCUT2D eigenvalue weighted by Gasteiger charge is -2.32. The van der Waals surface area contributed by atoms with Gasteiger partial charge in [0.1, 0.15) is 0 Å². The van der Waals surface area contributed by atoms with Gasteiger partial charge in [-0.2, -0.15) is 0 Å². The van der Waals surface area contributed by atoms with E-state index in [-0.39, 0.29) is 30.7 Å². The molecule has 1 aromatic rings. The monoisotopic (exact) mass is 333 g/mol. The van der Waals surface area contributed by atoms with Crippen LogP contribution in [0.1, 0.15) is 35.3 Å². The molecule has 2 rings (SSSR count). The number of likely N-dealkylation sites (tertiary alicyclic amines) is 1. The first-order chi connectivity index (χ1) is 9.20. The summed E-state index contributed by atoms with van der Waals surface area (Å²) >= 11 is 0. The van der Waals surface area contributed by atoms with Gasteiger partial charge < -0.3 is 10.2 Å². The van der Waals surface area contributed by atoms with E-state index in [4.69, 9.17) is 0 Å². The second-order valence-electron chi connectivity index (χ2n) is 5.32. The van der Waals surface area contributed by atoms with Crippen molar-refractivity contribution in [1.29, 1.82) is 0 Å². The molecule has 2 heterocycles. The molecular weight excluding hydrogens is 309 g/mol. The van der Waals surface area contributed by atoms with Gasteiger partial charge in [0.25, 0.3) is 5.91 Å². The molecule has 1 saturated heterocycles. The number of piperidine rings is 1. The standard InChI is InChI=1S/C15H23N3O.2ClH/c1-12-3-4-14(11-17-12)15(19)18-9-6-13(7-10-18)5-8-16-2;;/h3-4,11,13,16H,5-10H2,1-2H3;2*1H. The molecule has 0 aromatic carbocycles. The van der Waals surface area contributed by atoms with E-state index >= 15 is 0 Å². The SMILES string of the molecule is CNCCC1CCN(C(=O)c2ccc(C)nc2)CC1.Cl.Cl. The van der Waals surface area contributed by atoms with Crippen LogP contribution in [0, 0.1) is 12.8 Å².